The second-order valence-corrected chi connectivity index (χ2v) is 9.52. The highest BCUT2D eigenvalue weighted by molar-refractivity contribution is 7.09. The van der Waals surface area contributed by atoms with E-state index in [2.05, 4.69) is 11.4 Å². The Labute approximate surface area is 201 Å². The van der Waals surface area contributed by atoms with E-state index >= 15 is 0 Å². The van der Waals surface area contributed by atoms with Crippen molar-refractivity contribution < 1.29 is 14.5 Å². The van der Waals surface area contributed by atoms with Gasteiger partial charge in [-0.1, -0.05) is 6.07 Å². The van der Waals surface area contributed by atoms with E-state index in [4.69, 9.17) is 4.98 Å². The molecule has 0 radical (unpaired) electrons. The van der Waals surface area contributed by atoms with Crippen LogP contribution in [-0.4, -0.2) is 50.8 Å². The molecule has 9 nitrogen and oxygen atoms in total. The second-order valence-electron chi connectivity index (χ2n) is 8.49. The van der Waals surface area contributed by atoms with Crippen LogP contribution in [0.5, 0.6) is 0 Å². The lowest BCUT2D eigenvalue weighted by molar-refractivity contribution is -0.384. The highest BCUT2D eigenvalue weighted by atomic mass is 32.1. The molecule has 0 aliphatic carbocycles. The van der Waals surface area contributed by atoms with Gasteiger partial charge in [0.1, 0.15) is 5.69 Å². The van der Waals surface area contributed by atoms with Crippen molar-refractivity contribution in [3.8, 4) is 0 Å². The van der Waals surface area contributed by atoms with Gasteiger partial charge in [-0.25, -0.2) is 0 Å². The van der Waals surface area contributed by atoms with Crippen LogP contribution in [0, 0.1) is 17.0 Å². The van der Waals surface area contributed by atoms with Crippen LogP contribution in [0.3, 0.4) is 0 Å². The van der Waals surface area contributed by atoms with E-state index in [1.807, 2.05) is 30.5 Å². The van der Waals surface area contributed by atoms with E-state index in [9.17, 15) is 19.7 Å². The maximum atomic E-state index is 12.9. The smallest absolute Gasteiger partial charge is 0.287 e. The zero-order valence-corrected chi connectivity index (χ0v) is 20.0. The summed E-state index contributed by atoms with van der Waals surface area (Å²) in [7, 11) is 1.63. The molecule has 0 aromatic carbocycles. The second kappa shape index (κ2) is 10.2. The molecule has 2 amide bonds. The highest BCUT2D eigenvalue weighted by Crippen LogP contribution is 2.30. The number of carbonyl (C=O) groups excluding carboxylic acids is 2. The Bertz CT molecular complexity index is 1200. The van der Waals surface area contributed by atoms with Gasteiger partial charge in [-0.05, 0) is 49.8 Å². The molecular formula is C24H27N5O4S. The van der Waals surface area contributed by atoms with E-state index in [0.29, 0.717) is 43.7 Å². The molecule has 3 aromatic rings. The molecule has 1 aliphatic rings. The normalized spacial score (nSPS) is 14.2. The van der Waals surface area contributed by atoms with Crippen molar-refractivity contribution in [1.82, 2.24) is 19.8 Å². The number of nitrogens with zero attached hydrogens (tertiary/aromatic N) is 4. The van der Waals surface area contributed by atoms with Gasteiger partial charge in [0.2, 0.25) is 0 Å². The third kappa shape index (κ3) is 5.17. The number of pyridine rings is 1. The van der Waals surface area contributed by atoms with Crippen LogP contribution in [0.1, 0.15) is 55.9 Å². The molecule has 0 atom stereocenters. The number of rotatable bonds is 7. The SMILES string of the molecule is Cc1ccc(C(=O)NCCc2cccs2)c(C2CCN(C(=O)c3cc([N+](=O)[O-])cn3C)CC2)n1. The third-order valence-corrected chi connectivity index (χ3v) is 7.07. The van der Waals surface area contributed by atoms with Gasteiger partial charge in [0.25, 0.3) is 17.5 Å². The minimum Gasteiger partial charge on any atom is -0.352 e. The van der Waals surface area contributed by atoms with Gasteiger partial charge in [-0.15, -0.1) is 11.3 Å². The van der Waals surface area contributed by atoms with Crippen LogP contribution < -0.4 is 5.32 Å². The fourth-order valence-electron chi connectivity index (χ4n) is 4.31. The molecule has 1 aliphatic heterocycles. The number of aromatic nitrogens is 2. The Morgan fingerprint density at radius 1 is 1.26 bits per heavy atom. The summed E-state index contributed by atoms with van der Waals surface area (Å²) in [5, 5.41) is 16.1. The molecule has 4 rings (SSSR count). The zero-order valence-electron chi connectivity index (χ0n) is 19.2. The lowest BCUT2D eigenvalue weighted by Crippen LogP contribution is -2.39. The first-order valence-corrected chi connectivity index (χ1v) is 12.1. The Balaban J connectivity index is 1.41. The largest absolute Gasteiger partial charge is 0.352 e. The summed E-state index contributed by atoms with van der Waals surface area (Å²) in [4.78, 5) is 44.1. The van der Waals surface area contributed by atoms with Crippen molar-refractivity contribution in [2.45, 2.75) is 32.1 Å². The highest BCUT2D eigenvalue weighted by Gasteiger charge is 2.30. The van der Waals surface area contributed by atoms with Gasteiger partial charge >= 0.3 is 0 Å². The van der Waals surface area contributed by atoms with Crippen molar-refractivity contribution >= 4 is 28.8 Å². The van der Waals surface area contributed by atoms with Crippen LogP contribution in [0.15, 0.2) is 41.9 Å². The molecule has 0 spiro atoms. The minimum absolute atomic E-state index is 0.0599. The van der Waals surface area contributed by atoms with Gasteiger partial charge in [0, 0.05) is 49.2 Å². The predicted octanol–water partition coefficient (Wildman–Crippen LogP) is 3.69. The fourth-order valence-corrected chi connectivity index (χ4v) is 5.02. The monoisotopic (exact) mass is 481 g/mol. The van der Waals surface area contributed by atoms with E-state index in [-0.39, 0.29) is 23.4 Å². The Kier molecular flexibility index (Phi) is 7.06. The predicted molar refractivity (Wildman–Crippen MR) is 129 cm³/mol. The number of hydrogen-bond donors (Lipinski definition) is 1. The van der Waals surface area contributed by atoms with E-state index in [0.717, 1.165) is 17.8 Å². The van der Waals surface area contributed by atoms with Crippen LogP contribution in [0.2, 0.25) is 0 Å². The maximum Gasteiger partial charge on any atom is 0.287 e. The Morgan fingerprint density at radius 3 is 2.68 bits per heavy atom. The molecule has 0 unspecified atom stereocenters. The molecule has 0 saturated carbocycles. The van der Waals surface area contributed by atoms with E-state index < -0.39 is 4.92 Å². The number of nitrogens with one attached hydrogen (secondary N) is 1. The molecule has 3 aromatic heterocycles. The lowest BCUT2D eigenvalue weighted by atomic mass is 9.89. The average molecular weight is 482 g/mol. The molecule has 1 N–H and O–H groups in total. The topological polar surface area (TPSA) is 110 Å². The van der Waals surface area contributed by atoms with E-state index in [1.54, 1.807) is 23.3 Å². The fraction of sp³-hybridized carbons (Fsp3) is 0.375. The van der Waals surface area contributed by atoms with Crippen LogP contribution in [-0.2, 0) is 13.5 Å². The van der Waals surface area contributed by atoms with Crippen LogP contribution in [0.25, 0.3) is 0 Å². The van der Waals surface area contributed by atoms with Gasteiger partial charge in [0.05, 0.1) is 22.4 Å². The van der Waals surface area contributed by atoms with Crippen molar-refractivity contribution in [1.29, 1.82) is 0 Å². The number of amides is 2. The standard InChI is InChI=1S/C24H27N5O4S/c1-16-5-6-20(23(30)25-10-7-19-4-3-13-34-19)22(26-16)17-8-11-28(12-9-17)24(31)21-14-18(29(32)33)15-27(21)2/h3-6,13-15,17H,7-12H2,1-2H3,(H,25,30). The Morgan fingerprint density at radius 2 is 2.03 bits per heavy atom. The molecule has 0 bridgehead atoms. The molecule has 10 heteroatoms. The molecule has 1 saturated heterocycles. The number of aryl methyl sites for hydroxylation is 2. The maximum absolute atomic E-state index is 12.9. The zero-order chi connectivity index (χ0) is 24.2. The first kappa shape index (κ1) is 23.6. The van der Waals surface area contributed by atoms with Crippen molar-refractivity contribution in [3.05, 3.63) is 79.5 Å². The molecule has 34 heavy (non-hydrogen) atoms. The molecular weight excluding hydrogens is 454 g/mol. The van der Waals surface area contributed by atoms with Crippen molar-refractivity contribution in [2.24, 2.45) is 7.05 Å². The summed E-state index contributed by atoms with van der Waals surface area (Å²) in [6.07, 6.45) is 3.48. The number of hydrogen-bond acceptors (Lipinski definition) is 6. The van der Waals surface area contributed by atoms with Crippen molar-refractivity contribution in [2.75, 3.05) is 19.6 Å². The summed E-state index contributed by atoms with van der Waals surface area (Å²) < 4.78 is 1.49. The summed E-state index contributed by atoms with van der Waals surface area (Å²) in [5.41, 5.74) is 2.40. The first-order valence-electron chi connectivity index (χ1n) is 11.2. The molecule has 1 fully saturated rings. The number of nitro groups is 1. The minimum atomic E-state index is -0.501. The summed E-state index contributed by atoms with van der Waals surface area (Å²) in [6, 6.07) is 9.05. The van der Waals surface area contributed by atoms with Crippen molar-refractivity contribution in [3.63, 3.8) is 0 Å². The van der Waals surface area contributed by atoms with Crippen LogP contribution >= 0.6 is 11.3 Å². The average Bonchev–Trinajstić information content (AvgIpc) is 3.48. The van der Waals surface area contributed by atoms with Gasteiger partial charge in [0.15, 0.2) is 0 Å². The molecule has 4 heterocycles. The summed E-state index contributed by atoms with van der Waals surface area (Å²) >= 11 is 1.67. The lowest BCUT2D eigenvalue weighted by Gasteiger charge is -2.32. The van der Waals surface area contributed by atoms with Gasteiger partial charge < -0.3 is 14.8 Å². The number of thiophene rings is 1. The summed E-state index contributed by atoms with van der Waals surface area (Å²) in [5.74, 6) is -0.295. The quantitative estimate of drug-likeness (QED) is 0.409. The van der Waals surface area contributed by atoms with Crippen LogP contribution in [0.4, 0.5) is 5.69 Å². The van der Waals surface area contributed by atoms with Gasteiger partial charge in [-0.2, -0.15) is 0 Å². The first-order chi connectivity index (χ1) is 16.3. The summed E-state index contributed by atoms with van der Waals surface area (Å²) in [6.45, 7) is 3.46. The number of piperidine rings is 1. The molecule has 178 valence electrons. The third-order valence-electron chi connectivity index (χ3n) is 6.13. The van der Waals surface area contributed by atoms with E-state index in [1.165, 1.54) is 21.7 Å². The number of carbonyl (C=O) groups is 2. The van der Waals surface area contributed by atoms with Gasteiger partial charge in [-0.3, -0.25) is 24.7 Å². The Hall–Kier alpha value is -3.53. The number of likely N-dealkylation sites (tertiary alicyclic amines) is 1.